The van der Waals surface area contributed by atoms with Crippen LogP contribution in [0.25, 0.3) is 22.0 Å². The van der Waals surface area contributed by atoms with E-state index in [1.165, 1.54) is 0 Å². The van der Waals surface area contributed by atoms with Crippen LogP contribution in [0.3, 0.4) is 0 Å². The van der Waals surface area contributed by atoms with Gasteiger partial charge in [-0.25, -0.2) is 19.7 Å². The van der Waals surface area contributed by atoms with E-state index in [1.807, 2.05) is 45.9 Å². The van der Waals surface area contributed by atoms with E-state index in [9.17, 15) is 9.59 Å². The Morgan fingerprint density at radius 3 is 2.62 bits per heavy atom. The molecule has 2 aromatic heterocycles. The average Bonchev–Trinajstić information content (AvgIpc) is 2.87. The molecule has 37 heavy (non-hydrogen) atoms. The standard InChI is InChI=1S/C28H27N5O4/c1-17-22(15-29-25-24(17)33(11-12-36-25)27(35)37-28(2,3)4)19-7-8-20-14-30-26(32-23(20)13-19)31-21-9-5-18(16-34)6-10-21/h5-10,13-16H,11-12H2,1-4H3,(H,30,31,32). The minimum Gasteiger partial charge on any atom is -0.474 e. The third-order valence-electron chi connectivity index (χ3n) is 5.91. The van der Waals surface area contributed by atoms with E-state index in [4.69, 9.17) is 9.47 Å². The first-order valence-electron chi connectivity index (χ1n) is 11.9. The largest absolute Gasteiger partial charge is 0.474 e. The molecule has 4 aromatic rings. The summed E-state index contributed by atoms with van der Waals surface area (Å²) in [5, 5.41) is 4.05. The molecule has 1 aliphatic heterocycles. The third-order valence-corrected chi connectivity index (χ3v) is 5.91. The molecule has 5 rings (SSSR count). The van der Waals surface area contributed by atoms with Gasteiger partial charge in [-0.05, 0) is 69.2 Å². The van der Waals surface area contributed by atoms with E-state index >= 15 is 0 Å². The third kappa shape index (κ3) is 5.06. The predicted molar refractivity (Wildman–Crippen MR) is 142 cm³/mol. The zero-order chi connectivity index (χ0) is 26.2. The Labute approximate surface area is 214 Å². The molecule has 0 bridgehead atoms. The maximum absolute atomic E-state index is 13.0. The number of hydrogen-bond acceptors (Lipinski definition) is 8. The summed E-state index contributed by atoms with van der Waals surface area (Å²) >= 11 is 0. The molecule has 0 atom stereocenters. The lowest BCUT2D eigenvalue weighted by Crippen LogP contribution is -2.42. The van der Waals surface area contributed by atoms with Gasteiger partial charge in [0, 0.05) is 34.6 Å². The maximum atomic E-state index is 13.0. The first-order chi connectivity index (χ1) is 17.7. The molecule has 2 aromatic carbocycles. The summed E-state index contributed by atoms with van der Waals surface area (Å²) in [6, 6.07) is 13.0. The summed E-state index contributed by atoms with van der Waals surface area (Å²) in [5.41, 5.74) is 4.73. The van der Waals surface area contributed by atoms with Crippen LogP contribution in [0.15, 0.2) is 54.9 Å². The number of nitrogens with one attached hydrogen (secondary N) is 1. The van der Waals surface area contributed by atoms with Crippen LogP contribution >= 0.6 is 0 Å². The molecule has 0 fully saturated rings. The second kappa shape index (κ2) is 9.50. The molecule has 1 amide bonds. The van der Waals surface area contributed by atoms with Crippen LogP contribution in [0.2, 0.25) is 0 Å². The van der Waals surface area contributed by atoms with Crippen molar-refractivity contribution in [3.63, 3.8) is 0 Å². The Balaban J connectivity index is 1.49. The number of hydrogen-bond donors (Lipinski definition) is 1. The van der Waals surface area contributed by atoms with Crippen molar-refractivity contribution < 1.29 is 19.1 Å². The number of benzene rings is 2. The molecule has 0 saturated heterocycles. The fourth-order valence-corrected chi connectivity index (χ4v) is 4.15. The van der Waals surface area contributed by atoms with E-state index in [1.54, 1.807) is 41.6 Å². The van der Waals surface area contributed by atoms with Crippen molar-refractivity contribution in [2.75, 3.05) is 23.4 Å². The van der Waals surface area contributed by atoms with E-state index in [0.717, 1.165) is 39.6 Å². The lowest BCUT2D eigenvalue weighted by molar-refractivity contribution is 0.0566. The molecule has 9 heteroatoms. The topological polar surface area (TPSA) is 107 Å². The van der Waals surface area contributed by atoms with Gasteiger partial charge in [0.2, 0.25) is 11.8 Å². The highest BCUT2D eigenvalue weighted by Crippen LogP contribution is 2.39. The smallest absolute Gasteiger partial charge is 0.415 e. The summed E-state index contributed by atoms with van der Waals surface area (Å²) in [5.74, 6) is 0.849. The molecular formula is C28H27N5O4. The first-order valence-corrected chi connectivity index (χ1v) is 11.9. The molecule has 0 aliphatic carbocycles. The highest BCUT2D eigenvalue weighted by atomic mass is 16.6. The molecule has 9 nitrogen and oxygen atoms in total. The molecule has 0 spiro atoms. The van der Waals surface area contributed by atoms with Crippen molar-refractivity contribution >= 4 is 40.6 Å². The zero-order valence-corrected chi connectivity index (χ0v) is 21.1. The van der Waals surface area contributed by atoms with Gasteiger partial charge in [-0.15, -0.1) is 0 Å². The monoisotopic (exact) mass is 497 g/mol. The highest BCUT2D eigenvalue weighted by molar-refractivity contribution is 5.94. The van der Waals surface area contributed by atoms with Crippen molar-refractivity contribution in [3.05, 3.63) is 66.0 Å². The molecule has 0 unspecified atom stereocenters. The number of aldehydes is 1. The van der Waals surface area contributed by atoms with Gasteiger partial charge in [0.05, 0.1) is 12.1 Å². The van der Waals surface area contributed by atoms with Crippen LogP contribution in [0.5, 0.6) is 5.88 Å². The number of ether oxygens (including phenoxy) is 2. The van der Waals surface area contributed by atoms with Crippen LogP contribution in [-0.2, 0) is 4.74 Å². The highest BCUT2D eigenvalue weighted by Gasteiger charge is 2.31. The number of nitrogens with zero attached hydrogens (tertiary/aromatic N) is 4. The Morgan fingerprint density at radius 2 is 1.89 bits per heavy atom. The molecular weight excluding hydrogens is 470 g/mol. The van der Waals surface area contributed by atoms with Gasteiger partial charge >= 0.3 is 6.09 Å². The van der Waals surface area contributed by atoms with Crippen molar-refractivity contribution in [3.8, 4) is 17.0 Å². The lowest BCUT2D eigenvalue weighted by Gasteiger charge is -2.32. The van der Waals surface area contributed by atoms with Crippen LogP contribution in [0.4, 0.5) is 22.1 Å². The van der Waals surface area contributed by atoms with E-state index < -0.39 is 11.7 Å². The fraction of sp³-hybridized carbons (Fsp3) is 0.250. The van der Waals surface area contributed by atoms with Crippen molar-refractivity contribution in [1.82, 2.24) is 15.0 Å². The van der Waals surface area contributed by atoms with Gasteiger partial charge in [-0.1, -0.05) is 12.1 Å². The number of carbonyl (C=O) groups is 2. The minimum absolute atomic E-state index is 0.346. The van der Waals surface area contributed by atoms with Crippen LogP contribution in [0.1, 0.15) is 36.7 Å². The van der Waals surface area contributed by atoms with Gasteiger partial charge in [0.1, 0.15) is 24.2 Å². The van der Waals surface area contributed by atoms with Crippen LogP contribution in [0, 0.1) is 6.92 Å². The van der Waals surface area contributed by atoms with Gasteiger partial charge in [0.15, 0.2) is 0 Å². The average molecular weight is 498 g/mol. The normalized spacial score (nSPS) is 13.0. The number of amides is 1. The summed E-state index contributed by atoms with van der Waals surface area (Å²) in [6.07, 6.45) is 3.88. The number of fused-ring (bicyclic) bond motifs is 2. The van der Waals surface area contributed by atoms with E-state index in [0.29, 0.717) is 36.2 Å². The number of anilines is 3. The van der Waals surface area contributed by atoms with Gasteiger partial charge < -0.3 is 14.8 Å². The zero-order valence-electron chi connectivity index (χ0n) is 21.1. The summed E-state index contributed by atoms with van der Waals surface area (Å²) in [4.78, 5) is 39.0. The quantitative estimate of drug-likeness (QED) is 0.358. The number of rotatable bonds is 4. The van der Waals surface area contributed by atoms with Gasteiger partial charge in [-0.2, -0.15) is 0 Å². The van der Waals surface area contributed by atoms with Crippen LogP contribution in [-0.4, -0.2) is 46.1 Å². The Kier molecular flexibility index (Phi) is 6.20. The Hall–Kier alpha value is -4.53. The number of pyridine rings is 1. The SMILES string of the molecule is Cc1c(-c2ccc3cnc(Nc4ccc(C=O)cc4)nc3c2)cnc2c1N(C(=O)OC(C)(C)C)CCO2. The molecule has 1 aliphatic rings. The van der Waals surface area contributed by atoms with E-state index in [-0.39, 0.29) is 0 Å². The molecule has 1 N–H and O–H groups in total. The fourth-order valence-electron chi connectivity index (χ4n) is 4.15. The molecule has 0 saturated carbocycles. The van der Waals surface area contributed by atoms with E-state index in [2.05, 4.69) is 20.3 Å². The summed E-state index contributed by atoms with van der Waals surface area (Å²) in [6.45, 7) is 8.19. The van der Waals surface area contributed by atoms with Crippen molar-refractivity contribution in [2.24, 2.45) is 0 Å². The van der Waals surface area contributed by atoms with Gasteiger partial charge in [0.25, 0.3) is 0 Å². The number of aromatic nitrogens is 3. The predicted octanol–water partition coefficient (Wildman–Crippen LogP) is 5.69. The van der Waals surface area contributed by atoms with Crippen molar-refractivity contribution in [2.45, 2.75) is 33.3 Å². The maximum Gasteiger partial charge on any atom is 0.415 e. The summed E-state index contributed by atoms with van der Waals surface area (Å²) in [7, 11) is 0. The van der Waals surface area contributed by atoms with Crippen molar-refractivity contribution in [1.29, 1.82) is 0 Å². The number of carbonyl (C=O) groups excluding carboxylic acids is 2. The summed E-state index contributed by atoms with van der Waals surface area (Å²) < 4.78 is 11.4. The second-order valence-corrected chi connectivity index (χ2v) is 9.76. The van der Waals surface area contributed by atoms with Gasteiger partial charge in [-0.3, -0.25) is 9.69 Å². The molecule has 3 heterocycles. The first kappa shape index (κ1) is 24.2. The molecule has 0 radical (unpaired) electrons. The minimum atomic E-state index is -0.616. The lowest BCUT2D eigenvalue weighted by atomic mass is 9.99. The molecule has 188 valence electrons. The second-order valence-electron chi connectivity index (χ2n) is 9.76. The Bertz CT molecular complexity index is 1500. The van der Waals surface area contributed by atoms with Crippen LogP contribution < -0.4 is 15.0 Å². The Morgan fingerprint density at radius 1 is 1.11 bits per heavy atom.